The van der Waals surface area contributed by atoms with Crippen molar-refractivity contribution in [1.29, 1.82) is 0 Å². The van der Waals surface area contributed by atoms with Gasteiger partial charge in [0.15, 0.2) is 0 Å². The van der Waals surface area contributed by atoms with Gasteiger partial charge in [-0.15, -0.1) is 0 Å². The van der Waals surface area contributed by atoms with Gasteiger partial charge in [0.25, 0.3) is 0 Å². The molecular formula is C26H40NO2PS. The SMILES string of the molecule is COc1ccc([C@H](NS(=O)C(C)(C)C)c2ccccc2P(C(C)(C)C)C(C)(C)C)cc1. The van der Waals surface area contributed by atoms with E-state index in [9.17, 15) is 4.21 Å². The number of methoxy groups -OCH3 is 1. The molecule has 0 saturated carbocycles. The number of rotatable bonds is 6. The van der Waals surface area contributed by atoms with Gasteiger partial charge in [0.1, 0.15) is 5.75 Å². The van der Waals surface area contributed by atoms with Crippen molar-refractivity contribution in [2.45, 2.75) is 83.4 Å². The second kappa shape index (κ2) is 9.73. The second-order valence-corrected chi connectivity index (χ2v) is 16.8. The molecular weight excluding hydrogens is 421 g/mol. The first-order chi connectivity index (χ1) is 14.2. The molecule has 172 valence electrons. The van der Waals surface area contributed by atoms with E-state index in [1.165, 1.54) is 10.9 Å². The van der Waals surface area contributed by atoms with Crippen molar-refractivity contribution in [2.75, 3.05) is 7.11 Å². The third-order valence-corrected chi connectivity index (χ3v) is 10.2. The summed E-state index contributed by atoms with van der Waals surface area (Å²) >= 11 is 0. The zero-order chi connectivity index (χ0) is 23.6. The summed E-state index contributed by atoms with van der Waals surface area (Å²) in [4.78, 5) is 0. The molecule has 2 aromatic rings. The first-order valence-electron chi connectivity index (χ1n) is 10.9. The van der Waals surface area contributed by atoms with Crippen molar-refractivity contribution in [3.63, 3.8) is 0 Å². The topological polar surface area (TPSA) is 38.3 Å². The van der Waals surface area contributed by atoms with E-state index < -0.39 is 18.9 Å². The van der Waals surface area contributed by atoms with Crippen LogP contribution in [-0.4, -0.2) is 26.4 Å². The average Bonchev–Trinajstić information content (AvgIpc) is 2.63. The highest BCUT2D eigenvalue weighted by atomic mass is 32.2. The summed E-state index contributed by atoms with van der Waals surface area (Å²) in [5.74, 6) is 0.819. The zero-order valence-electron chi connectivity index (χ0n) is 20.9. The van der Waals surface area contributed by atoms with Gasteiger partial charge in [0.2, 0.25) is 0 Å². The van der Waals surface area contributed by atoms with E-state index in [1.54, 1.807) is 7.11 Å². The maximum Gasteiger partial charge on any atom is 0.118 e. The van der Waals surface area contributed by atoms with E-state index in [0.29, 0.717) is 0 Å². The lowest BCUT2D eigenvalue weighted by molar-refractivity contribution is 0.414. The fraction of sp³-hybridized carbons (Fsp3) is 0.538. The van der Waals surface area contributed by atoms with Crippen LogP contribution in [0.4, 0.5) is 0 Å². The summed E-state index contributed by atoms with van der Waals surface area (Å²) in [5.41, 5.74) is 2.30. The van der Waals surface area contributed by atoms with E-state index >= 15 is 0 Å². The van der Waals surface area contributed by atoms with Gasteiger partial charge in [-0.2, -0.15) is 0 Å². The lowest BCUT2D eigenvalue weighted by Crippen LogP contribution is -2.39. The highest BCUT2D eigenvalue weighted by molar-refractivity contribution is 7.84. The first-order valence-corrected chi connectivity index (χ1v) is 13.4. The molecule has 5 heteroatoms. The average molecular weight is 462 g/mol. The van der Waals surface area contributed by atoms with Gasteiger partial charge in [-0.05, 0) is 59.6 Å². The largest absolute Gasteiger partial charge is 0.497 e. The Morgan fingerprint density at radius 2 is 1.35 bits per heavy atom. The molecule has 2 aromatic carbocycles. The highest BCUT2D eigenvalue weighted by Crippen LogP contribution is 2.59. The van der Waals surface area contributed by atoms with Crippen LogP contribution < -0.4 is 14.8 Å². The molecule has 3 nitrogen and oxygen atoms in total. The van der Waals surface area contributed by atoms with Gasteiger partial charge in [-0.1, -0.05) is 85.9 Å². The third kappa shape index (κ3) is 6.63. The summed E-state index contributed by atoms with van der Waals surface area (Å²) in [6.45, 7) is 20.0. The molecule has 0 heterocycles. The summed E-state index contributed by atoms with van der Waals surface area (Å²) in [5, 5.41) is 1.64. The fourth-order valence-corrected chi connectivity index (χ4v) is 9.04. The van der Waals surface area contributed by atoms with Crippen LogP contribution in [0.5, 0.6) is 5.75 Å². The standard InChI is InChI=1S/C26H40NO2PS/c1-24(2,3)30(25(4,5)6)22-14-12-11-13-21(22)23(27-31(28)26(7,8)9)19-15-17-20(29-10)18-16-19/h11-18,23,27H,1-10H3/t23-,31?/m0/s1. The van der Waals surface area contributed by atoms with Crippen LogP contribution in [0.15, 0.2) is 48.5 Å². The van der Waals surface area contributed by atoms with Gasteiger partial charge < -0.3 is 4.74 Å². The summed E-state index contributed by atoms with van der Waals surface area (Å²) in [6, 6.07) is 16.6. The zero-order valence-corrected chi connectivity index (χ0v) is 22.6. The lowest BCUT2D eigenvalue weighted by atomic mass is 9.99. The van der Waals surface area contributed by atoms with E-state index in [2.05, 4.69) is 82.7 Å². The molecule has 1 unspecified atom stereocenters. The Kier molecular flexibility index (Phi) is 8.17. The Bertz CT molecular complexity index is 875. The van der Waals surface area contributed by atoms with Crippen LogP contribution in [0.1, 0.15) is 79.5 Å². The van der Waals surface area contributed by atoms with E-state index in [1.807, 2.05) is 32.9 Å². The number of hydrogen-bond donors (Lipinski definition) is 1. The van der Waals surface area contributed by atoms with Gasteiger partial charge in [0.05, 0.1) is 28.9 Å². The van der Waals surface area contributed by atoms with Crippen molar-refractivity contribution < 1.29 is 8.95 Å². The Labute approximate surface area is 193 Å². The number of hydrogen-bond acceptors (Lipinski definition) is 2. The molecule has 31 heavy (non-hydrogen) atoms. The second-order valence-electron chi connectivity index (χ2n) is 10.9. The molecule has 0 saturated heterocycles. The normalized spacial score (nSPS) is 15.1. The molecule has 0 aliphatic heterocycles. The fourth-order valence-electron chi connectivity index (χ4n) is 4.06. The Balaban J connectivity index is 2.70. The van der Waals surface area contributed by atoms with Gasteiger partial charge >= 0.3 is 0 Å². The number of benzene rings is 2. The van der Waals surface area contributed by atoms with Crippen LogP contribution in [0.3, 0.4) is 0 Å². The van der Waals surface area contributed by atoms with E-state index in [-0.39, 0.29) is 21.1 Å². The minimum atomic E-state index is -1.21. The van der Waals surface area contributed by atoms with Gasteiger partial charge in [-0.25, -0.2) is 8.93 Å². The van der Waals surface area contributed by atoms with Crippen molar-refractivity contribution in [1.82, 2.24) is 4.72 Å². The molecule has 1 N–H and O–H groups in total. The lowest BCUT2D eigenvalue weighted by Gasteiger charge is -2.43. The van der Waals surface area contributed by atoms with Crippen molar-refractivity contribution >= 4 is 24.2 Å². The molecule has 0 amide bonds. The number of nitrogens with one attached hydrogen (secondary N) is 1. The summed E-state index contributed by atoms with van der Waals surface area (Å²) in [6.07, 6.45) is 0. The van der Waals surface area contributed by atoms with Crippen LogP contribution >= 0.6 is 7.92 Å². The van der Waals surface area contributed by atoms with Crippen LogP contribution in [0.2, 0.25) is 0 Å². The van der Waals surface area contributed by atoms with Gasteiger partial charge in [-0.3, -0.25) is 0 Å². The Morgan fingerprint density at radius 3 is 1.81 bits per heavy atom. The van der Waals surface area contributed by atoms with E-state index in [0.717, 1.165) is 11.3 Å². The summed E-state index contributed by atoms with van der Waals surface area (Å²) in [7, 11) is -0.0457. The Hall–Kier alpha value is -1.22. The highest BCUT2D eigenvalue weighted by Gasteiger charge is 2.38. The van der Waals surface area contributed by atoms with Crippen molar-refractivity contribution in [3.05, 3.63) is 59.7 Å². The van der Waals surface area contributed by atoms with E-state index in [4.69, 9.17) is 4.74 Å². The Morgan fingerprint density at radius 1 is 0.839 bits per heavy atom. The van der Waals surface area contributed by atoms with Gasteiger partial charge in [0, 0.05) is 0 Å². The van der Waals surface area contributed by atoms with Crippen molar-refractivity contribution in [3.8, 4) is 5.75 Å². The molecule has 0 aliphatic rings. The third-order valence-electron chi connectivity index (χ3n) is 5.06. The molecule has 0 bridgehead atoms. The first kappa shape index (κ1) is 26.0. The van der Waals surface area contributed by atoms with Crippen molar-refractivity contribution in [2.24, 2.45) is 0 Å². The minimum Gasteiger partial charge on any atom is -0.497 e. The summed E-state index contributed by atoms with van der Waals surface area (Å²) < 4.78 is 21.7. The molecule has 2 atom stereocenters. The molecule has 0 aliphatic carbocycles. The predicted molar refractivity (Wildman–Crippen MR) is 138 cm³/mol. The van der Waals surface area contributed by atoms with Crippen LogP contribution in [-0.2, 0) is 11.0 Å². The molecule has 0 fully saturated rings. The molecule has 0 spiro atoms. The maximum atomic E-state index is 13.2. The van der Waals surface area contributed by atoms with Crippen LogP contribution in [0, 0.1) is 0 Å². The monoisotopic (exact) mass is 461 g/mol. The smallest absolute Gasteiger partial charge is 0.118 e. The predicted octanol–water partition coefficient (Wildman–Crippen LogP) is 6.54. The molecule has 0 radical (unpaired) electrons. The molecule has 0 aromatic heterocycles. The molecule has 2 rings (SSSR count). The maximum absolute atomic E-state index is 13.2. The van der Waals surface area contributed by atoms with Crippen LogP contribution in [0.25, 0.3) is 0 Å². The number of ether oxygens (including phenoxy) is 1. The quantitative estimate of drug-likeness (QED) is 0.496. The minimum absolute atomic E-state index is 0.136.